The molecular weight excluding hydrogens is 322 g/mol. The third-order valence-corrected chi connectivity index (χ3v) is 3.71. The lowest BCUT2D eigenvalue weighted by molar-refractivity contribution is -0.384. The van der Waals surface area contributed by atoms with Crippen LogP contribution in [-0.2, 0) is 11.2 Å². The highest BCUT2D eigenvalue weighted by atomic mass is 16.6. The maximum Gasteiger partial charge on any atom is 0.271 e. The number of rotatable bonds is 8. The van der Waals surface area contributed by atoms with Gasteiger partial charge in [-0.1, -0.05) is 18.2 Å². The zero-order valence-electron chi connectivity index (χ0n) is 14.2. The molecule has 7 heteroatoms. The molecular formula is C18H21N3O4. The number of non-ortho nitro benzene ring substituents is 1. The topological polar surface area (TPSA) is 93.5 Å². The molecule has 0 saturated heterocycles. The number of carbonyl (C=O) groups excluding carboxylic acids is 1. The van der Waals surface area contributed by atoms with Gasteiger partial charge in [-0.15, -0.1) is 0 Å². The highest BCUT2D eigenvalue weighted by Gasteiger charge is 2.13. The summed E-state index contributed by atoms with van der Waals surface area (Å²) in [4.78, 5) is 22.4. The molecule has 2 N–H and O–H groups in total. The van der Waals surface area contributed by atoms with Gasteiger partial charge in [0, 0.05) is 24.4 Å². The Kier molecular flexibility index (Phi) is 6.33. The number of amides is 1. The predicted octanol–water partition coefficient (Wildman–Crippen LogP) is 2.76. The molecule has 0 fully saturated rings. The zero-order chi connectivity index (χ0) is 18.2. The van der Waals surface area contributed by atoms with Crippen molar-refractivity contribution < 1.29 is 14.5 Å². The number of hydrogen-bond acceptors (Lipinski definition) is 5. The molecule has 0 aliphatic rings. The number of benzene rings is 2. The van der Waals surface area contributed by atoms with E-state index in [0.717, 1.165) is 11.3 Å². The molecule has 0 spiro atoms. The van der Waals surface area contributed by atoms with Crippen LogP contribution < -0.4 is 15.4 Å². The molecule has 0 bridgehead atoms. The summed E-state index contributed by atoms with van der Waals surface area (Å²) in [5, 5.41) is 16.6. The molecule has 0 aliphatic carbocycles. The molecule has 2 aromatic carbocycles. The van der Waals surface area contributed by atoms with Crippen LogP contribution in [0.15, 0.2) is 48.5 Å². The first-order valence-corrected chi connectivity index (χ1v) is 7.91. The first kappa shape index (κ1) is 18.3. The summed E-state index contributed by atoms with van der Waals surface area (Å²) in [6.07, 6.45) is 0.708. The first-order valence-electron chi connectivity index (χ1n) is 7.91. The monoisotopic (exact) mass is 343 g/mol. The predicted molar refractivity (Wildman–Crippen MR) is 95.9 cm³/mol. The van der Waals surface area contributed by atoms with Crippen molar-refractivity contribution in [3.05, 3.63) is 64.2 Å². The molecule has 0 aromatic heterocycles. The van der Waals surface area contributed by atoms with Gasteiger partial charge in [0.15, 0.2) is 0 Å². The van der Waals surface area contributed by atoms with Gasteiger partial charge in [0.05, 0.1) is 12.0 Å². The molecule has 2 rings (SSSR count). The standard InChI is InChI=1S/C18H21N3O4/c1-13(20-15-4-3-5-16(12-15)21(23)24)18(22)19-11-10-14-6-8-17(25-2)9-7-14/h3-9,12-13,20H,10-11H2,1-2H3,(H,19,22)/t13-/m1/s1. The quantitative estimate of drug-likeness (QED) is 0.568. The number of carbonyl (C=O) groups is 1. The van der Waals surface area contributed by atoms with Crippen molar-refractivity contribution in [2.45, 2.75) is 19.4 Å². The van der Waals surface area contributed by atoms with Crippen LogP contribution in [0.2, 0.25) is 0 Å². The first-order chi connectivity index (χ1) is 12.0. The van der Waals surface area contributed by atoms with Crippen molar-refractivity contribution in [1.29, 1.82) is 0 Å². The Bertz CT molecular complexity index is 731. The summed E-state index contributed by atoms with van der Waals surface area (Å²) >= 11 is 0. The summed E-state index contributed by atoms with van der Waals surface area (Å²) in [6, 6.07) is 13.2. The average molecular weight is 343 g/mol. The number of anilines is 1. The van der Waals surface area contributed by atoms with E-state index in [1.54, 1.807) is 26.2 Å². The molecule has 1 amide bonds. The second-order valence-electron chi connectivity index (χ2n) is 5.56. The Morgan fingerprint density at radius 1 is 1.24 bits per heavy atom. The van der Waals surface area contributed by atoms with Crippen molar-refractivity contribution in [2.75, 3.05) is 19.0 Å². The Hall–Kier alpha value is -3.09. The number of ether oxygens (including phenoxy) is 1. The second kappa shape index (κ2) is 8.68. The van der Waals surface area contributed by atoms with Crippen LogP contribution in [0.4, 0.5) is 11.4 Å². The van der Waals surface area contributed by atoms with Gasteiger partial charge < -0.3 is 15.4 Å². The molecule has 7 nitrogen and oxygen atoms in total. The van der Waals surface area contributed by atoms with Gasteiger partial charge in [-0.25, -0.2) is 0 Å². The average Bonchev–Trinajstić information content (AvgIpc) is 2.62. The molecule has 2 aromatic rings. The van der Waals surface area contributed by atoms with Crippen LogP contribution in [0.3, 0.4) is 0 Å². The molecule has 0 aliphatic heterocycles. The normalized spacial score (nSPS) is 11.4. The molecule has 1 atom stereocenters. The minimum Gasteiger partial charge on any atom is -0.497 e. The highest BCUT2D eigenvalue weighted by molar-refractivity contribution is 5.84. The SMILES string of the molecule is COc1ccc(CCNC(=O)[C@@H](C)Nc2cccc([N+](=O)[O-])c2)cc1. The van der Waals surface area contributed by atoms with Gasteiger partial charge >= 0.3 is 0 Å². The van der Waals surface area contributed by atoms with Gasteiger partial charge in [-0.05, 0) is 37.1 Å². The molecule has 0 radical (unpaired) electrons. The van der Waals surface area contributed by atoms with E-state index in [4.69, 9.17) is 4.74 Å². The Balaban J connectivity index is 1.81. The maximum absolute atomic E-state index is 12.1. The van der Waals surface area contributed by atoms with Crippen LogP contribution in [-0.4, -0.2) is 30.5 Å². The number of nitro groups is 1. The fraction of sp³-hybridized carbons (Fsp3) is 0.278. The largest absolute Gasteiger partial charge is 0.497 e. The molecule has 0 heterocycles. The van der Waals surface area contributed by atoms with Crippen molar-refractivity contribution in [3.8, 4) is 5.75 Å². The van der Waals surface area contributed by atoms with Gasteiger partial charge in [0.1, 0.15) is 11.8 Å². The van der Waals surface area contributed by atoms with E-state index in [-0.39, 0.29) is 11.6 Å². The van der Waals surface area contributed by atoms with E-state index in [2.05, 4.69) is 10.6 Å². The Labute approximate surface area is 146 Å². The third kappa shape index (κ3) is 5.49. The van der Waals surface area contributed by atoms with E-state index < -0.39 is 11.0 Å². The molecule has 0 unspecified atom stereocenters. The third-order valence-electron chi connectivity index (χ3n) is 3.71. The van der Waals surface area contributed by atoms with Crippen molar-refractivity contribution in [2.24, 2.45) is 0 Å². The number of methoxy groups -OCH3 is 1. The Morgan fingerprint density at radius 2 is 1.96 bits per heavy atom. The maximum atomic E-state index is 12.1. The lowest BCUT2D eigenvalue weighted by atomic mass is 10.1. The molecule has 0 saturated carbocycles. The minimum absolute atomic E-state index is 0.0166. The van der Waals surface area contributed by atoms with Gasteiger partial charge in [-0.3, -0.25) is 14.9 Å². The lowest BCUT2D eigenvalue weighted by Crippen LogP contribution is -2.38. The number of hydrogen-bond donors (Lipinski definition) is 2. The zero-order valence-corrected chi connectivity index (χ0v) is 14.2. The number of nitrogens with one attached hydrogen (secondary N) is 2. The van der Waals surface area contributed by atoms with Crippen LogP contribution in [0.25, 0.3) is 0 Å². The van der Waals surface area contributed by atoms with Crippen LogP contribution in [0.5, 0.6) is 5.75 Å². The van der Waals surface area contributed by atoms with Crippen molar-refractivity contribution in [1.82, 2.24) is 5.32 Å². The van der Waals surface area contributed by atoms with Crippen LogP contribution in [0, 0.1) is 10.1 Å². The van der Waals surface area contributed by atoms with Gasteiger partial charge in [-0.2, -0.15) is 0 Å². The van der Waals surface area contributed by atoms with E-state index >= 15 is 0 Å². The van der Waals surface area contributed by atoms with Crippen molar-refractivity contribution >= 4 is 17.3 Å². The van der Waals surface area contributed by atoms with Crippen molar-refractivity contribution in [3.63, 3.8) is 0 Å². The van der Waals surface area contributed by atoms with E-state index in [0.29, 0.717) is 18.7 Å². The molecule has 25 heavy (non-hydrogen) atoms. The number of nitro benzene ring substituents is 1. The van der Waals surface area contributed by atoms with Crippen LogP contribution in [0.1, 0.15) is 12.5 Å². The van der Waals surface area contributed by atoms with E-state index in [9.17, 15) is 14.9 Å². The van der Waals surface area contributed by atoms with Gasteiger partial charge in [0.25, 0.3) is 5.69 Å². The van der Waals surface area contributed by atoms with Gasteiger partial charge in [0.2, 0.25) is 5.91 Å². The smallest absolute Gasteiger partial charge is 0.271 e. The van der Waals surface area contributed by atoms with Crippen LogP contribution >= 0.6 is 0 Å². The number of nitrogens with zero attached hydrogens (tertiary/aromatic N) is 1. The fourth-order valence-electron chi connectivity index (χ4n) is 2.30. The summed E-state index contributed by atoms with van der Waals surface area (Å²) in [5.74, 6) is 0.627. The highest BCUT2D eigenvalue weighted by Crippen LogP contribution is 2.17. The lowest BCUT2D eigenvalue weighted by Gasteiger charge is -2.15. The summed E-state index contributed by atoms with van der Waals surface area (Å²) in [6.45, 7) is 2.22. The second-order valence-corrected chi connectivity index (χ2v) is 5.56. The minimum atomic E-state index is -0.502. The fourth-order valence-corrected chi connectivity index (χ4v) is 2.30. The van der Waals surface area contributed by atoms with E-state index in [1.165, 1.54) is 12.1 Å². The summed E-state index contributed by atoms with van der Waals surface area (Å²) < 4.78 is 5.10. The van der Waals surface area contributed by atoms with E-state index in [1.807, 2.05) is 24.3 Å². The Morgan fingerprint density at radius 3 is 2.60 bits per heavy atom. The summed E-state index contributed by atoms with van der Waals surface area (Å²) in [7, 11) is 1.62. The summed E-state index contributed by atoms with van der Waals surface area (Å²) in [5.41, 5.74) is 1.62. The molecule has 132 valence electrons.